The Morgan fingerprint density at radius 1 is 1.10 bits per heavy atom. The van der Waals surface area contributed by atoms with E-state index in [9.17, 15) is 4.79 Å². The molecule has 0 N–H and O–H groups in total. The molecule has 2 aromatic carbocycles. The van der Waals surface area contributed by atoms with Crippen LogP contribution in [0.1, 0.15) is 20.8 Å². The zero-order chi connectivity index (χ0) is 14.1. The lowest BCUT2D eigenvalue weighted by atomic mass is 10.1. The lowest BCUT2D eigenvalue weighted by molar-refractivity contribution is 0.103. The van der Waals surface area contributed by atoms with Crippen molar-refractivity contribution in [1.29, 1.82) is 0 Å². The minimum absolute atomic E-state index is 0.0201. The largest absolute Gasteiger partial charge is 0.496 e. The lowest BCUT2D eigenvalue weighted by Gasteiger charge is -2.07. The Morgan fingerprint density at radius 2 is 1.90 bits per heavy atom. The molecular formula is C17H14O2S. The van der Waals surface area contributed by atoms with Crippen LogP contribution in [0.5, 0.6) is 5.75 Å². The van der Waals surface area contributed by atoms with Gasteiger partial charge in [0.1, 0.15) is 5.75 Å². The third kappa shape index (κ3) is 2.21. The molecule has 0 aliphatic heterocycles. The fourth-order valence-electron chi connectivity index (χ4n) is 2.23. The molecule has 0 saturated heterocycles. The number of benzene rings is 2. The van der Waals surface area contributed by atoms with Crippen molar-refractivity contribution in [1.82, 2.24) is 0 Å². The van der Waals surface area contributed by atoms with Crippen molar-refractivity contribution in [2.24, 2.45) is 0 Å². The SMILES string of the molecule is COc1ccc(C)cc1C(=O)c1cc2ccccc2s1. The summed E-state index contributed by atoms with van der Waals surface area (Å²) in [5.74, 6) is 0.643. The van der Waals surface area contributed by atoms with Crippen LogP contribution in [-0.2, 0) is 0 Å². The second-order valence-corrected chi connectivity index (χ2v) is 5.77. The fraction of sp³-hybridized carbons (Fsp3) is 0.118. The average molecular weight is 282 g/mol. The minimum atomic E-state index is 0.0201. The van der Waals surface area contributed by atoms with Crippen LogP contribution in [0.2, 0.25) is 0 Å². The Balaban J connectivity index is 2.10. The van der Waals surface area contributed by atoms with E-state index in [1.54, 1.807) is 7.11 Å². The van der Waals surface area contributed by atoms with E-state index in [2.05, 4.69) is 0 Å². The van der Waals surface area contributed by atoms with E-state index in [0.717, 1.165) is 20.5 Å². The second kappa shape index (κ2) is 5.10. The van der Waals surface area contributed by atoms with E-state index in [0.29, 0.717) is 11.3 Å². The van der Waals surface area contributed by atoms with Crippen LogP contribution in [0.3, 0.4) is 0 Å². The van der Waals surface area contributed by atoms with Gasteiger partial charge in [-0.1, -0.05) is 29.8 Å². The molecule has 100 valence electrons. The Hall–Kier alpha value is -2.13. The van der Waals surface area contributed by atoms with Crippen LogP contribution in [0, 0.1) is 6.92 Å². The number of aryl methyl sites for hydroxylation is 1. The van der Waals surface area contributed by atoms with E-state index in [4.69, 9.17) is 4.74 Å². The fourth-order valence-corrected chi connectivity index (χ4v) is 3.24. The van der Waals surface area contributed by atoms with Crippen LogP contribution >= 0.6 is 11.3 Å². The first-order valence-corrected chi connectivity index (χ1v) is 7.18. The Bertz CT molecular complexity index is 754. The normalized spacial score (nSPS) is 10.7. The maximum atomic E-state index is 12.7. The van der Waals surface area contributed by atoms with E-state index in [1.807, 2.05) is 55.5 Å². The van der Waals surface area contributed by atoms with Gasteiger partial charge in [0.25, 0.3) is 0 Å². The third-order valence-electron chi connectivity index (χ3n) is 3.25. The summed E-state index contributed by atoms with van der Waals surface area (Å²) in [6.07, 6.45) is 0. The number of hydrogen-bond donors (Lipinski definition) is 0. The monoisotopic (exact) mass is 282 g/mol. The zero-order valence-corrected chi connectivity index (χ0v) is 12.2. The van der Waals surface area contributed by atoms with Crippen molar-refractivity contribution in [3.63, 3.8) is 0 Å². The molecule has 0 amide bonds. The molecule has 0 aliphatic carbocycles. The minimum Gasteiger partial charge on any atom is -0.496 e. The van der Waals surface area contributed by atoms with Crippen LogP contribution < -0.4 is 4.74 Å². The summed E-state index contributed by atoms with van der Waals surface area (Å²) < 4.78 is 6.43. The van der Waals surface area contributed by atoms with E-state index in [1.165, 1.54) is 11.3 Å². The first kappa shape index (κ1) is 12.9. The summed E-state index contributed by atoms with van der Waals surface area (Å²) in [6.45, 7) is 1.97. The quantitative estimate of drug-likeness (QED) is 0.663. The van der Waals surface area contributed by atoms with Gasteiger partial charge in [-0.3, -0.25) is 4.79 Å². The van der Waals surface area contributed by atoms with Crippen LogP contribution in [0.4, 0.5) is 0 Å². The molecule has 3 heteroatoms. The molecule has 1 heterocycles. The van der Waals surface area contributed by atoms with Crippen LogP contribution in [0.25, 0.3) is 10.1 Å². The van der Waals surface area contributed by atoms with Gasteiger partial charge in [-0.25, -0.2) is 0 Å². The highest BCUT2D eigenvalue weighted by Crippen LogP contribution is 2.30. The van der Waals surface area contributed by atoms with Crippen LogP contribution in [-0.4, -0.2) is 12.9 Å². The van der Waals surface area contributed by atoms with Crippen molar-refractivity contribution >= 4 is 27.2 Å². The Morgan fingerprint density at radius 3 is 2.65 bits per heavy atom. The average Bonchev–Trinajstić information content (AvgIpc) is 2.90. The first-order chi connectivity index (χ1) is 9.69. The van der Waals surface area contributed by atoms with Crippen molar-refractivity contribution < 1.29 is 9.53 Å². The van der Waals surface area contributed by atoms with Gasteiger partial charge in [0, 0.05) is 4.70 Å². The van der Waals surface area contributed by atoms with Crippen molar-refractivity contribution in [2.45, 2.75) is 6.92 Å². The summed E-state index contributed by atoms with van der Waals surface area (Å²) in [5.41, 5.74) is 1.68. The highest BCUT2D eigenvalue weighted by atomic mass is 32.1. The zero-order valence-electron chi connectivity index (χ0n) is 11.3. The second-order valence-electron chi connectivity index (χ2n) is 4.68. The molecule has 20 heavy (non-hydrogen) atoms. The summed E-state index contributed by atoms with van der Waals surface area (Å²) in [6, 6.07) is 15.6. The lowest BCUT2D eigenvalue weighted by Crippen LogP contribution is -2.02. The van der Waals surface area contributed by atoms with Gasteiger partial charge in [-0.15, -0.1) is 11.3 Å². The standard InChI is InChI=1S/C17H14O2S/c1-11-7-8-14(19-2)13(9-11)17(18)16-10-12-5-3-4-6-15(12)20-16/h3-10H,1-2H3. The number of carbonyl (C=O) groups is 1. The molecule has 2 nitrogen and oxygen atoms in total. The van der Waals surface area contributed by atoms with E-state index < -0.39 is 0 Å². The molecule has 0 unspecified atom stereocenters. The maximum absolute atomic E-state index is 12.7. The van der Waals surface area contributed by atoms with Gasteiger partial charge >= 0.3 is 0 Å². The highest BCUT2D eigenvalue weighted by Gasteiger charge is 2.17. The topological polar surface area (TPSA) is 26.3 Å². The van der Waals surface area contributed by atoms with Gasteiger partial charge in [-0.2, -0.15) is 0 Å². The third-order valence-corrected chi connectivity index (χ3v) is 4.36. The molecule has 0 radical (unpaired) electrons. The van der Waals surface area contributed by atoms with E-state index >= 15 is 0 Å². The smallest absolute Gasteiger partial charge is 0.206 e. The van der Waals surface area contributed by atoms with Gasteiger partial charge in [0.2, 0.25) is 5.78 Å². The van der Waals surface area contributed by atoms with Crippen molar-refractivity contribution in [2.75, 3.05) is 7.11 Å². The number of carbonyl (C=O) groups excluding carboxylic acids is 1. The predicted molar refractivity (Wildman–Crippen MR) is 83.0 cm³/mol. The summed E-state index contributed by atoms with van der Waals surface area (Å²) >= 11 is 1.52. The van der Waals surface area contributed by atoms with Crippen LogP contribution in [0.15, 0.2) is 48.5 Å². The number of ether oxygens (including phenoxy) is 1. The number of ketones is 1. The Labute approximate surface area is 121 Å². The summed E-state index contributed by atoms with van der Waals surface area (Å²) in [5, 5.41) is 1.10. The number of hydrogen-bond acceptors (Lipinski definition) is 3. The molecule has 0 aliphatic rings. The van der Waals surface area contributed by atoms with E-state index in [-0.39, 0.29) is 5.78 Å². The molecule has 3 aromatic rings. The summed E-state index contributed by atoms with van der Waals surface area (Å²) in [7, 11) is 1.59. The molecule has 1 aromatic heterocycles. The van der Waals surface area contributed by atoms with Gasteiger partial charge in [0.15, 0.2) is 0 Å². The number of thiophene rings is 1. The molecular weight excluding hydrogens is 268 g/mol. The highest BCUT2D eigenvalue weighted by molar-refractivity contribution is 7.21. The van der Waals surface area contributed by atoms with Gasteiger partial charge < -0.3 is 4.74 Å². The summed E-state index contributed by atoms with van der Waals surface area (Å²) in [4.78, 5) is 13.4. The molecule has 0 spiro atoms. The number of methoxy groups -OCH3 is 1. The van der Waals surface area contributed by atoms with Crippen molar-refractivity contribution in [3.05, 3.63) is 64.5 Å². The molecule has 0 atom stereocenters. The van der Waals surface area contributed by atoms with Crippen molar-refractivity contribution in [3.8, 4) is 5.75 Å². The van der Waals surface area contributed by atoms with Gasteiger partial charge in [0.05, 0.1) is 17.6 Å². The molecule has 0 bridgehead atoms. The first-order valence-electron chi connectivity index (χ1n) is 6.37. The predicted octanol–water partition coefficient (Wildman–Crippen LogP) is 4.45. The molecule has 0 fully saturated rings. The van der Waals surface area contributed by atoms with Gasteiger partial charge in [-0.05, 0) is 36.6 Å². The molecule has 3 rings (SSSR count). The maximum Gasteiger partial charge on any atom is 0.206 e. The Kier molecular flexibility index (Phi) is 3.28. The number of rotatable bonds is 3. The molecule has 0 saturated carbocycles. The number of fused-ring (bicyclic) bond motifs is 1.